The molecule has 0 spiro atoms. The van der Waals surface area contributed by atoms with Gasteiger partial charge in [0.05, 0.1) is 12.6 Å². The number of nitrogens with zero attached hydrogens (tertiary/aromatic N) is 1. The smallest absolute Gasteiger partial charge is 0.234 e. The predicted molar refractivity (Wildman–Crippen MR) is 58.5 cm³/mol. The van der Waals surface area contributed by atoms with Crippen LogP contribution in [-0.4, -0.2) is 42.8 Å². The SMILES string of the molecule is C=CCNC(=O)CN1CCCCC1C=O. The standard InChI is InChI=1S/C11H18N2O2/c1-2-6-12-11(15)8-13-7-4-3-5-10(13)9-14/h2,9-10H,1,3-8H2,(H,12,15). The maximum atomic E-state index is 11.4. The van der Waals surface area contributed by atoms with Crippen molar-refractivity contribution in [2.75, 3.05) is 19.6 Å². The second kappa shape index (κ2) is 6.35. The molecule has 1 aliphatic heterocycles. The van der Waals surface area contributed by atoms with Gasteiger partial charge in [-0.1, -0.05) is 12.5 Å². The zero-order chi connectivity index (χ0) is 11.1. The summed E-state index contributed by atoms with van der Waals surface area (Å²) < 4.78 is 0. The van der Waals surface area contributed by atoms with Crippen LogP contribution in [0.2, 0.25) is 0 Å². The zero-order valence-corrected chi connectivity index (χ0v) is 8.95. The van der Waals surface area contributed by atoms with Gasteiger partial charge in [0.2, 0.25) is 5.91 Å². The van der Waals surface area contributed by atoms with E-state index in [9.17, 15) is 9.59 Å². The maximum Gasteiger partial charge on any atom is 0.234 e. The lowest BCUT2D eigenvalue weighted by atomic mass is 10.0. The van der Waals surface area contributed by atoms with Gasteiger partial charge in [0.15, 0.2) is 0 Å². The van der Waals surface area contributed by atoms with Crippen molar-refractivity contribution in [3.8, 4) is 0 Å². The van der Waals surface area contributed by atoms with E-state index in [1.165, 1.54) is 0 Å². The van der Waals surface area contributed by atoms with E-state index in [-0.39, 0.29) is 11.9 Å². The van der Waals surface area contributed by atoms with Crippen LogP contribution in [0, 0.1) is 0 Å². The highest BCUT2D eigenvalue weighted by Crippen LogP contribution is 2.14. The fourth-order valence-electron chi connectivity index (χ4n) is 1.79. The summed E-state index contributed by atoms with van der Waals surface area (Å²) in [5.41, 5.74) is 0. The second-order valence-corrected chi connectivity index (χ2v) is 3.76. The average molecular weight is 210 g/mol. The maximum absolute atomic E-state index is 11.4. The molecular formula is C11H18N2O2. The molecule has 0 aromatic rings. The summed E-state index contributed by atoms with van der Waals surface area (Å²) >= 11 is 0. The van der Waals surface area contributed by atoms with Gasteiger partial charge in [-0.05, 0) is 19.4 Å². The molecule has 0 saturated carbocycles. The summed E-state index contributed by atoms with van der Waals surface area (Å²) in [4.78, 5) is 24.1. The van der Waals surface area contributed by atoms with Gasteiger partial charge in [0.1, 0.15) is 6.29 Å². The summed E-state index contributed by atoms with van der Waals surface area (Å²) in [5, 5.41) is 2.71. The molecule has 4 heteroatoms. The number of aldehydes is 1. The van der Waals surface area contributed by atoms with Crippen molar-refractivity contribution in [2.24, 2.45) is 0 Å². The Morgan fingerprint density at radius 3 is 3.00 bits per heavy atom. The Kier molecular flexibility index (Phi) is 5.04. The Morgan fingerprint density at radius 1 is 1.53 bits per heavy atom. The number of hydrogen-bond donors (Lipinski definition) is 1. The van der Waals surface area contributed by atoms with E-state index >= 15 is 0 Å². The molecule has 1 fully saturated rings. The fourth-order valence-corrected chi connectivity index (χ4v) is 1.79. The molecular weight excluding hydrogens is 192 g/mol. The number of carbonyl (C=O) groups is 2. The first-order valence-corrected chi connectivity index (χ1v) is 5.35. The summed E-state index contributed by atoms with van der Waals surface area (Å²) in [5.74, 6) is -0.0383. The van der Waals surface area contributed by atoms with Crippen LogP contribution in [0.25, 0.3) is 0 Å². The van der Waals surface area contributed by atoms with E-state index in [0.29, 0.717) is 13.1 Å². The number of rotatable bonds is 5. The van der Waals surface area contributed by atoms with Crippen LogP contribution in [0.3, 0.4) is 0 Å². The fraction of sp³-hybridized carbons (Fsp3) is 0.636. The van der Waals surface area contributed by atoms with E-state index in [0.717, 1.165) is 32.1 Å². The molecule has 0 aromatic carbocycles. The van der Waals surface area contributed by atoms with Crippen LogP contribution in [-0.2, 0) is 9.59 Å². The van der Waals surface area contributed by atoms with E-state index in [1.54, 1.807) is 6.08 Å². The van der Waals surface area contributed by atoms with E-state index in [1.807, 2.05) is 4.90 Å². The van der Waals surface area contributed by atoms with Crippen molar-refractivity contribution in [2.45, 2.75) is 25.3 Å². The van der Waals surface area contributed by atoms with Gasteiger partial charge < -0.3 is 10.1 Å². The monoisotopic (exact) mass is 210 g/mol. The molecule has 15 heavy (non-hydrogen) atoms. The normalized spacial score (nSPS) is 22.0. The van der Waals surface area contributed by atoms with Gasteiger partial charge in [0, 0.05) is 6.54 Å². The van der Waals surface area contributed by atoms with Gasteiger partial charge in [-0.25, -0.2) is 0 Å². The van der Waals surface area contributed by atoms with Crippen LogP contribution in [0.4, 0.5) is 0 Å². The van der Waals surface area contributed by atoms with Crippen LogP contribution in [0.15, 0.2) is 12.7 Å². The molecule has 0 aliphatic carbocycles. The first kappa shape index (κ1) is 11.9. The number of nitrogens with one attached hydrogen (secondary N) is 1. The minimum absolute atomic E-state index is 0.0383. The van der Waals surface area contributed by atoms with E-state index in [2.05, 4.69) is 11.9 Å². The predicted octanol–water partition coefficient (Wildman–Crippen LogP) is 0.342. The molecule has 0 bridgehead atoms. The second-order valence-electron chi connectivity index (χ2n) is 3.76. The van der Waals surface area contributed by atoms with Crippen LogP contribution in [0.5, 0.6) is 0 Å². The molecule has 1 aliphatic rings. The summed E-state index contributed by atoms with van der Waals surface area (Å²) in [6, 6.07) is -0.0757. The molecule has 84 valence electrons. The minimum Gasteiger partial charge on any atom is -0.352 e. The third-order valence-corrected chi connectivity index (χ3v) is 2.61. The van der Waals surface area contributed by atoms with E-state index in [4.69, 9.17) is 0 Å². The molecule has 1 rings (SSSR count). The number of hydrogen-bond acceptors (Lipinski definition) is 3. The first-order valence-electron chi connectivity index (χ1n) is 5.35. The lowest BCUT2D eigenvalue weighted by Crippen LogP contribution is -2.46. The third-order valence-electron chi connectivity index (χ3n) is 2.61. The molecule has 0 aromatic heterocycles. The summed E-state index contributed by atoms with van der Waals surface area (Å²) in [6.07, 6.45) is 5.61. The quantitative estimate of drug-likeness (QED) is 0.526. The van der Waals surface area contributed by atoms with Crippen molar-refractivity contribution >= 4 is 12.2 Å². The number of likely N-dealkylation sites (tertiary alicyclic amines) is 1. The molecule has 1 amide bonds. The third kappa shape index (κ3) is 3.83. The van der Waals surface area contributed by atoms with Gasteiger partial charge in [-0.3, -0.25) is 9.69 Å². The zero-order valence-electron chi connectivity index (χ0n) is 8.95. The minimum atomic E-state index is -0.0757. The Hall–Kier alpha value is -1.16. The van der Waals surface area contributed by atoms with Crippen LogP contribution >= 0.6 is 0 Å². The Morgan fingerprint density at radius 2 is 2.33 bits per heavy atom. The van der Waals surface area contributed by atoms with Crippen molar-refractivity contribution in [1.82, 2.24) is 10.2 Å². The largest absolute Gasteiger partial charge is 0.352 e. The number of amides is 1. The summed E-state index contributed by atoms with van der Waals surface area (Å²) in [7, 11) is 0. The van der Waals surface area contributed by atoms with Gasteiger partial charge >= 0.3 is 0 Å². The van der Waals surface area contributed by atoms with Gasteiger partial charge in [0.25, 0.3) is 0 Å². The molecule has 1 saturated heterocycles. The molecule has 0 radical (unpaired) electrons. The average Bonchev–Trinajstić information content (AvgIpc) is 2.27. The molecule has 1 atom stereocenters. The topological polar surface area (TPSA) is 49.4 Å². The highest BCUT2D eigenvalue weighted by Gasteiger charge is 2.23. The molecule has 1 heterocycles. The lowest BCUT2D eigenvalue weighted by molar-refractivity contribution is -0.124. The number of piperidine rings is 1. The highest BCUT2D eigenvalue weighted by atomic mass is 16.2. The van der Waals surface area contributed by atoms with Gasteiger partial charge in [-0.15, -0.1) is 6.58 Å². The van der Waals surface area contributed by atoms with Crippen LogP contribution in [0.1, 0.15) is 19.3 Å². The van der Waals surface area contributed by atoms with Crippen molar-refractivity contribution in [3.05, 3.63) is 12.7 Å². The Bertz CT molecular complexity index is 241. The first-order chi connectivity index (χ1) is 7.27. The lowest BCUT2D eigenvalue weighted by Gasteiger charge is -2.31. The van der Waals surface area contributed by atoms with Crippen molar-refractivity contribution < 1.29 is 9.59 Å². The highest BCUT2D eigenvalue weighted by molar-refractivity contribution is 5.78. The van der Waals surface area contributed by atoms with Crippen LogP contribution < -0.4 is 5.32 Å². The van der Waals surface area contributed by atoms with E-state index < -0.39 is 0 Å². The Labute approximate surface area is 90.3 Å². The van der Waals surface area contributed by atoms with Gasteiger partial charge in [-0.2, -0.15) is 0 Å². The van der Waals surface area contributed by atoms with Crippen molar-refractivity contribution in [3.63, 3.8) is 0 Å². The number of carbonyl (C=O) groups excluding carboxylic acids is 2. The summed E-state index contributed by atoms with van der Waals surface area (Å²) in [6.45, 7) is 5.17. The molecule has 4 nitrogen and oxygen atoms in total. The Balaban J connectivity index is 2.37. The molecule has 1 unspecified atom stereocenters. The van der Waals surface area contributed by atoms with Crippen molar-refractivity contribution in [1.29, 1.82) is 0 Å². The molecule has 1 N–H and O–H groups in total.